The van der Waals surface area contributed by atoms with Gasteiger partial charge in [0, 0.05) is 18.7 Å². The third-order valence-corrected chi connectivity index (χ3v) is 3.83. The lowest BCUT2D eigenvalue weighted by molar-refractivity contribution is -0.139. The highest BCUT2D eigenvalue weighted by Gasteiger charge is 2.32. The Morgan fingerprint density at radius 3 is 2.77 bits per heavy atom. The molecule has 1 aliphatic rings. The summed E-state index contributed by atoms with van der Waals surface area (Å²) in [4.78, 5) is 14.2. The number of likely N-dealkylation sites (tertiary alicyclic amines) is 1. The van der Waals surface area contributed by atoms with E-state index in [1.807, 2.05) is 0 Å². The van der Waals surface area contributed by atoms with Crippen LogP contribution in [-0.2, 0) is 4.79 Å². The molecule has 0 saturated carbocycles. The standard InChI is InChI=1S/C16H21F2NO3/c1-10(20)8-12-4-3-7-19(12)16(21)11(2)22-13-5-6-14(17)15(18)9-13/h5-6,9-12,20H,3-4,7-8H2,1-2H3. The highest BCUT2D eigenvalue weighted by Crippen LogP contribution is 2.24. The van der Waals surface area contributed by atoms with Crippen molar-refractivity contribution in [3.63, 3.8) is 0 Å². The molecule has 1 aromatic rings. The first-order valence-corrected chi connectivity index (χ1v) is 7.48. The summed E-state index contributed by atoms with van der Waals surface area (Å²) in [5.74, 6) is -2.05. The molecule has 0 aliphatic carbocycles. The number of amides is 1. The van der Waals surface area contributed by atoms with E-state index in [0.717, 1.165) is 25.0 Å². The van der Waals surface area contributed by atoms with Gasteiger partial charge in [0.25, 0.3) is 5.91 Å². The van der Waals surface area contributed by atoms with E-state index in [0.29, 0.717) is 13.0 Å². The number of rotatable bonds is 5. The maximum Gasteiger partial charge on any atom is 0.263 e. The van der Waals surface area contributed by atoms with Crippen molar-refractivity contribution in [2.75, 3.05) is 6.54 Å². The van der Waals surface area contributed by atoms with Crippen molar-refractivity contribution in [3.05, 3.63) is 29.8 Å². The van der Waals surface area contributed by atoms with Gasteiger partial charge in [-0.1, -0.05) is 0 Å². The smallest absolute Gasteiger partial charge is 0.263 e. The van der Waals surface area contributed by atoms with Gasteiger partial charge in [-0.2, -0.15) is 0 Å². The number of carbonyl (C=O) groups is 1. The highest BCUT2D eigenvalue weighted by molar-refractivity contribution is 5.81. The van der Waals surface area contributed by atoms with Crippen LogP contribution < -0.4 is 4.74 Å². The van der Waals surface area contributed by atoms with Crippen LogP contribution in [0.2, 0.25) is 0 Å². The fourth-order valence-electron chi connectivity index (χ4n) is 2.80. The SMILES string of the molecule is CC(O)CC1CCCN1C(=O)C(C)Oc1ccc(F)c(F)c1. The van der Waals surface area contributed by atoms with Crippen molar-refractivity contribution in [1.29, 1.82) is 0 Å². The summed E-state index contributed by atoms with van der Waals surface area (Å²) >= 11 is 0. The number of ether oxygens (including phenoxy) is 1. The zero-order chi connectivity index (χ0) is 16.3. The van der Waals surface area contributed by atoms with Crippen LogP contribution >= 0.6 is 0 Å². The van der Waals surface area contributed by atoms with Crippen LogP contribution in [0.4, 0.5) is 8.78 Å². The van der Waals surface area contributed by atoms with Gasteiger partial charge in [0.1, 0.15) is 5.75 Å². The summed E-state index contributed by atoms with van der Waals surface area (Å²) < 4.78 is 31.5. The Balaban J connectivity index is 2.00. The van der Waals surface area contributed by atoms with E-state index in [1.54, 1.807) is 18.7 Å². The first kappa shape index (κ1) is 16.7. The van der Waals surface area contributed by atoms with Crippen molar-refractivity contribution in [2.24, 2.45) is 0 Å². The molecular weight excluding hydrogens is 292 g/mol. The highest BCUT2D eigenvalue weighted by atomic mass is 19.2. The van der Waals surface area contributed by atoms with Crippen molar-refractivity contribution >= 4 is 5.91 Å². The van der Waals surface area contributed by atoms with Gasteiger partial charge in [-0.05, 0) is 45.2 Å². The molecular formula is C16H21F2NO3. The van der Waals surface area contributed by atoms with Gasteiger partial charge in [-0.15, -0.1) is 0 Å². The van der Waals surface area contributed by atoms with E-state index < -0.39 is 23.8 Å². The van der Waals surface area contributed by atoms with E-state index >= 15 is 0 Å². The normalized spacial score (nSPS) is 20.8. The number of nitrogens with zero attached hydrogens (tertiary/aromatic N) is 1. The van der Waals surface area contributed by atoms with Gasteiger partial charge in [0.05, 0.1) is 6.10 Å². The minimum atomic E-state index is -1.01. The summed E-state index contributed by atoms with van der Waals surface area (Å²) in [6.07, 6.45) is 1.01. The molecule has 3 atom stereocenters. The van der Waals surface area contributed by atoms with Crippen LogP contribution in [0, 0.1) is 11.6 Å². The largest absolute Gasteiger partial charge is 0.481 e. The van der Waals surface area contributed by atoms with Gasteiger partial charge in [0.2, 0.25) is 0 Å². The van der Waals surface area contributed by atoms with Crippen LogP contribution in [0.15, 0.2) is 18.2 Å². The maximum atomic E-state index is 13.2. The molecule has 6 heteroatoms. The minimum absolute atomic E-state index is 0.00324. The number of hydrogen-bond acceptors (Lipinski definition) is 3. The van der Waals surface area contributed by atoms with Gasteiger partial charge >= 0.3 is 0 Å². The van der Waals surface area contributed by atoms with Crippen LogP contribution in [0.3, 0.4) is 0 Å². The van der Waals surface area contributed by atoms with Crippen LogP contribution in [-0.4, -0.2) is 40.7 Å². The number of benzene rings is 1. The molecule has 1 heterocycles. The average Bonchev–Trinajstić information content (AvgIpc) is 2.89. The molecule has 1 aromatic carbocycles. The van der Waals surface area contributed by atoms with Crippen molar-refractivity contribution in [2.45, 2.75) is 51.4 Å². The summed E-state index contributed by atoms with van der Waals surface area (Å²) in [5.41, 5.74) is 0. The molecule has 1 N–H and O–H groups in total. The quantitative estimate of drug-likeness (QED) is 0.908. The Kier molecular flexibility index (Phi) is 5.34. The van der Waals surface area contributed by atoms with E-state index in [1.165, 1.54) is 6.07 Å². The Morgan fingerprint density at radius 1 is 1.41 bits per heavy atom. The lowest BCUT2D eigenvalue weighted by Crippen LogP contribution is -2.44. The molecule has 0 radical (unpaired) electrons. The van der Waals surface area contributed by atoms with E-state index in [9.17, 15) is 18.7 Å². The average molecular weight is 313 g/mol. The lowest BCUT2D eigenvalue weighted by atomic mass is 10.1. The van der Waals surface area contributed by atoms with E-state index in [4.69, 9.17) is 4.74 Å². The van der Waals surface area contributed by atoms with Gasteiger partial charge in [-0.25, -0.2) is 8.78 Å². The lowest BCUT2D eigenvalue weighted by Gasteiger charge is -2.28. The number of carbonyl (C=O) groups excluding carboxylic acids is 1. The minimum Gasteiger partial charge on any atom is -0.481 e. The van der Waals surface area contributed by atoms with E-state index in [-0.39, 0.29) is 17.7 Å². The Bertz CT molecular complexity index is 536. The third-order valence-electron chi connectivity index (χ3n) is 3.83. The molecule has 0 aromatic heterocycles. The van der Waals surface area contributed by atoms with Gasteiger partial charge < -0.3 is 14.7 Å². The zero-order valence-corrected chi connectivity index (χ0v) is 12.8. The Labute approximate surface area is 128 Å². The van der Waals surface area contributed by atoms with E-state index in [2.05, 4.69) is 0 Å². The second-order valence-electron chi connectivity index (χ2n) is 5.75. The van der Waals surface area contributed by atoms with Crippen LogP contribution in [0.25, 0.3) is 0 Å². The topological polar surface area (TPSA) is 49.8 Å². The first-order valence-electron chi connectivity index (χ1n) is 7.48. The Hall–Kier alpha value is -1.69. The molecule has 1 saturated heterocycles. The fraction of sp³-hybridized carbons (Fsp3) is 0.562. The number of aliphatic hydroxyl groups is 1. The molecule has 122 valence electrons. The molecule has 2 rings (SSSR count). The van der Waals surface area contributed by atoms with Crippen molar-refractivity contribution in [1.82, 2.24) is 4.90 Å². The summed E-state index contributed by atoms with van der Waals surface area (Å²) in [5, 5.41) is 9.50. The number of halogens is 2. The first-order chi connectivity index (χ1) is 10.4. The van der Waals surface area contributed by atoms with Crippen LogP contribution in [0.1, 0.15) is 33.1 Å². The molecule has 0 bridgehead atoms. The Morgan fingerprint density at radius 2 is 2.14 bits per heavy atom. The second kappa shape index (κ2) is 7.05. The number of hydrogen-bond donors (Lipinski definition) is 1. The van der Waals surface area contributed by atoms with Crippen LogP contribution in [0.5, 0.6) is 5.75 Å². The van der Waals surface area contributed by atoms with Crippen molar-refractivity contribution < 1.29 is 23.4 Å². The molecule has 0 spiro atoms. The monoisotopic (exact) mass is 313 g/mol. The molecule has 1 aliphatic heterocycles. The fourth-order valence-corrected chi connectivity index (χ4v) is 2.80. The predicted octanol–water partition coefficient (Wildman–Crippen LogP) is 2.49. The predicted molar refractivity (Wildman–Crippen MR) is 77.5 cm³/mol. The maximum absolute atomic E-state index is 13.2. The zero-order valence-electron chi connectivity index (χ0n) is 12.8. The van der Waals surface area contributed by atoms with Gasteiger partial charge in [0.15, 0.2) is 17.7 Å². The third kappa shape index (κ3) is 3.94. The molecule has 1 fully saturated rings. The van der Waals surface area contributed by atoms with Gasteiger partial charge in [-0.3, -0.25) is 4.79 Å². The summed E-state index contributed by atoms with van der Waals surface area (Å²) in [6, 6.07) is 3.19. The molecule has 3 unspecified atom stereocenters. The molecule has 22 heavy (non-hydrogen) atoms. The second-order valence-corrected chi connectivity index (χ2v) is 5.75. The van der Waals surface area contributed by atoms with Crippen molar-refractivity contribution in [3.8, 4) is 5.75 Å². The number of aliphatic hydroxyl groups excluding tert-OH is 1. The summed E-state index contributed by atoms with van der Waals surface area (Å²) in [7, 11) is 0. The molecule has 1 amide bonds. The molecule has 4 nitrogen and oxygen atoms in total. The summed E-state index contributed by atoms with van der Waals surface area (Å²) in [6.45, 7) is 3.91.